The molecule has 2 aromatic rings. The van der Waals surface area contributed by atoms with Crippen molar-refractivity contribution in [3.8, 4) is 0 Å². The van der Waals surface area contributed by atoms with E-state index in [1.165, 1.54) is 6.07 Å². The number of nitrogens with zero attached hydrogens (tertiary/aromatic N) is 3. The summed E-state index contributed by atoms with van der Waals surface area (Å²) in [7, 11) is 0. The monoisotopic (exact) mass is 289 g/mol. The second kappa shape index (κ2) is 6.47. The quantitative estimate of drug-likeness (QED) is 0.925. The van der Waals surface area contributed by atoms with E-state index in [1.807, 2.05) is 12.1 Å². The maximum Gasteiger partial charge on any atom is 0.124 e. The maximum absolute atomic E-state index is 13.7. The van der Waals surface area contributed by atoms with E-state index in [-0.39, 0.29) is 12.4 Å². The van der Waals surface area contributed by atoms with E-state index in [0.29, 0.717) is 0 Å². The first-order valence-electron chi connectivity index (χ1n) is 7.35. The lowest BCUT2D eigenvalue weighted by molar-refractivity contribution is 0.108. The van der Waals surface area contributed by atoms with Gasteiger partial charge in [-0.05, 0) is 23.8 Å². The Kier molecular flexibility index (Phi) is 4.43. The van der Waals surface area contributed by atoms with Crippen LogP contribution in [0.3, 0.4) is 0 Å². The first kappa shape index (κ1) is 14.4. The molecule has 2 heterocycles. The summed E-state index contributed by atoms with van der Waals surface area (Å²) < 4.78 is 13.7. The van der Waals surface area contributed by atoms with Crippen LogP contribution in [-0.4, -0.2) is 59.2 Å². The fraction of sp³-hybridized carbons (Fsp3) is 0.438. The first-order chi connectivity index (χ1) is 10.3. The maximum atomic E-state index is 13.7. The van der Waals surface area contributed by atoms with Gasteiger partial charge in [-0.3, -0.25) is 14.8 Å². The molecule has 0 saturated carbocycles. The Morgan fingerprint density at radius 1 is 1.14 bits per heavy atom. The van der Waals surface area contributed by atoms with Crippen LogP contribution in [0, 0.1) is 5.82 Å². The van der Waals surface area contributed by atoms with Gasteiger partial charge in [-0.1, -0.05) is 6.07 Å². The summed E-state index contributed by atoms with van der Waals surface area (Å²) >= 11 is 0. The van der Waals surface area contributed by atoms with Crippen LogP contribution < -0.4 is 0 Å². The van der Waals surface area contributed by atoms with Gasteiger partial charge in [0.05, 0.1) is 12.1 Å². The molecule has 0 aliphatic carbocycles. The van der Waals surface area contributed by atoms with Crippen LogP contribution >= 0.6 is 0 Å². The number of halogens is 1. The van der Waals surface area contributed by atoms with Gasteiger partial charge >= 0.3 is 0 Å². The van der Waals surface area contributed by atoms with Crippen molar-refractivity contribution >= 4 is 10.9 Å². The van der Waals surface area contributed by atoms with Crippen molar-refractivity contribution in [2.24, 2.45) is 0 Å². The molecule has 0 bridgehead atoms. The first-order valence-corrected chi connectivity index (χ1v) is 7.35. The lowest BCUT2D eigenvalue weighted by Crippen LogP contribution is -2.46. The van der Waals surface area contributed by atoms with E-state index in [2.05, 4.69) is 14.8 Å². The summed E-state index contributed by atoms with van der Waals surface area (Å²) in [5.74, 6) is -0.204. The third-order valence-electron chi connectivity index (χ3n) is 4.02. The molecule has 1 aliphatic heterocycles. The Hall–Kier alpha value is -1.56. The van der Waals surface area contributed by atoms with Gasteiger partial charge in [0.1, 0.15) is 5.82 Å². The summed E-state index contributed by atoms with van der Waals surface area (Å²) in [6.07, 6.45) is 1.75. The molecule has 0 atom stereocenters. The van der Waals surface area contributed by atoms with Crippen molar-refractivity contribution < 1.29 is 9.50 Å². The third-order valence-corrected chi connectivity index (χ3v) is 4.02. The fourth-order valence-electron chi connectivity index (χ4n) is 2.90. The number of rotatable bonds is 4. The molecular formula is C16H20FN3O. The average molecular weight is 289 g/mol. The molecule has 21 heavy (non-hydrogen) atoms. The Bertz CT molecular complexity index is 611. The Labute approximate surface area is 123 Å². The standard InChI is InChI=1S/C16H20FN3O/c17-15-10-13-2-1-3-18-16(13)14(11-15)12-20-6-4-19(5-7-20)8-9-21/h1-3,10-11,21H,4-9,12H2. The number of aliphatic hydroxyl groups is 1. The molecule has 4 nitrogen and oxygen atoms in total. The molecule has 0 radical (unpaired) electrons. The zero-order valence-corrected chi connectivity index (χ0v) is 12.0. The van der Waals surface area contributed by atoms with Crippen LogP contribution in [0.2, 0.25) is 0 Å². The number of aromatic nitrogens is 1. The Balaban J connectivity index is 1.74. The number of piperazine rings is 1. The molecule has 1 aromatic heterocycles. The minimum atomic E-state index is -0.204. The van der Waals surface area contributed by atoms with Crippen LogP contribution in [0.15, 0.2) is 30.5 Å². The summed E-state index contributed by atoms with van der Waals surface area (Å²) in [4.78, 5) is 8.96. The predicted octanol–water partition coefficient (Wildman–Crippen LogP) is 1.48. The third kappa shape index (κ3) is 3.37. The molecule has 1 aliphatic rings. The normalized spacial score (nSPS) is 17.4. The van der Waals surface area contributed by atoms with Gasteiger partial charge in [0.2, 0.25) is 0 Å². The minimum Gasteiger partial charge on any atom is -0.395 e. The largest absolute Gasteiger partial charge is 0.395 e. The number of benzene rings is 1. The lowest BCUT2D eigenvalue weighted by Gasteiger charge is -2.34. The Morgan fingerprint density at radius 3 is 2.67 bits per heavy atom. The van der Waals surface area contributed by atoms with Crippen molar-refractivity contribution in [2.75, 3.05) is 39.3 Å². The summed E-state index contributed by atoms with van der Waals surface area (Å²) in [5.41, 5.74) is 1.83. The van der Waals surface area contributed by atoms with Gasteiger partial charge in [-0.2, -0.15) is 0 Å². The molecule has 1 aromatic carbocycles. The second-order valence-corrected chi connectivity index (χ2v) is 5.48. The highest BCUT2D eigenvalue weighted by atomic mass is 19.1. The van der Waals surface area contributed by atoms with Gasteiger partial charge in [0, 0.05) is 50.9 Å². The van der Waals surface area contributed by atoms with E-state index in [4.69, 9.17) is 5.11 Å². The number of pyridine rings is 1. The van der Waals surface area contributed by atoms with Gasteiger partial charge in [-0.15, -0.1) is 0 Å². The molecule has 0 amide bonds. The average Bonchev–Trinajstić information content (AvgIpc) is 2.49. The molecule has 5 heteroatoms. The summed E-state index contributed by atoms with van der Waals surface area (Å²) in [5, 5.41) is 9.82. The molecule has 1 N–H and O–H groups in total. The van der Waals surface area contributed by atoms with E-state index in [0.717, 1.165) is 55.7 Å². The van der Waals surface area contributed by atoms with E-state index in [1.54, 1.807) is 12.3 Å². The van der Waals surface area contributed by atoms with Crippen LogP contribution in [0.25, 0.3) is 10.9 Å². The van der Waals surface area contributed by atoms with Crippen LogP contribution in [0.5, 0.6) is 0 Å². The number of β-amino-alcohol motifs (C(OH)–C–C–N with tert-alkyl or cyclic N) is 1. The smallest absolute Gasteiger partial charge is 0.124 e. The van der Waals surface area contributed by atoms with Crippen molar-refractivity contribution in [1.29, 1.82) is 0 Å². The van der Waals surface area contributed by atoms with Gasteiger partial charge < -0.3 is 5.11 Å². The Morgan fingerprint density at radius 2 is 1.90 bits per heavy atom. The zero-order chi connectivity index (χ0) is 14.7. The minimum absolute atomic E-state index is 0.204. The predicted molar refractivity (Wildman–Crippen MR) is 80.5 cm³/mol. The number of hydrogen-bond acceptors (Lipinski definition) is 4. The highest BCUT2D eigenvalue weighted by molar-refractivity contribution is 5.81. The topological polar surface area (TPSA) is 39.6 Å². The van der Waals surface area contributed by atoms with E-state index in [9.17, 15) is 4.39 Å². The molecule has 1 saturated heterocycles. The van der Waals surface area contributed by atoms with Crippen LogP contribution in [0.4, 0.5) is 4.39 Å². The van der Waals surface area contributed by atoms with Crippen molar-refractivity contribution in [3.05, 3.63) is 41.8 Å². The number of hydrogen-bond donors (Lipinski definition) is 1. The highest BCUT2D eigenvalue weighted by Gasteiger charge is 2.17. The van der Waals surface area contributed by atoms with Crippen LogP contribution in [0.1, 0.15) is 5.56 Å². The number of fused-ring (bicyclic) bond motifs is 1. The van der Waals surface area contributed by atoms with Crippen LogP contribution in [-0.2, 0) is 6.54 Å². The van der Waals surface area contributed by atoms with Crippen molar-refractivity contribution in [3.63, 3.8) is 0 Å². The SMILES string of the molecule is OCCN1CCN(Cc2cc(F)cc3cccnc23)CC1. The van der Waals surface area contributed by atoms with E-state index >= 15 is 0 Å². The summed E-state index contributed by atoms with van der Waals surface area (Å²) in [6, 6.07) is 6.85. The summed E-state index contributed by atoms with van der Waals surface area (Å²) in [6.45, 7) is 5.42. The zero-order valence-electron chi connectivity index (χ0n) is 12.0. The van der Waals surface area contributed by atoms with Crippen molar-refractivity contribution in [1.82, 2.24) is 14.8 Å². The van der Waals surface area contributed by atoms with Gasteiger partial charge in [0.25, 0.3) is 0 Å². The molecule has 112 valence electrons. The highest BCUT2D eigenvalue weighted by Crippen LogP contribution is 2.20. The van der Waals surface area contributed by atoms with Gasteiger partial charge in [-0.25, -0.2) is 4.39 Å². The lowest BCUT2D eigenvalue weighted by atomic mass is 10.1. The fourth-order valence-corrected chi connectivity index (χ4v) is 2.90. The molecule has 0 spiro atoms. The molecule has 1 fully saturated rings. The second-order valence-electron chi connectivity index (χ2n) is 5.48. The molecule has 3 rings (SSSR count). The number of aliphatic hydroxyl groups excluding tert-OH is 1. The van der Waals surface area contributed by atoms with Crippen molar-refractivity contribution in [2.45, 2.75) is 6.54 Å². The molecular weight excluding hydrogens is 269 g/mol. The molecule has 0 unspecified atom stereocenters. The van der Waals surface area contributed by atoms with E-state index < -0.39 is 0 Å². The van der Waals surface area contributed by atoms with Gasteiger partial charge in [0.15, 0.2) is 0 Å².